The molecule has 0 saturated carbocycles. The number of hydrogen-bond donors (Lipinski definition) is 1. The molecule has 2 aliphatic heterocycles. The van der Waals surface area contributed by atoms with Gasteiger partial charge in [-0.2, -0.15) is 4.31 Å². The maximum absolute atomic E-state index is 13.0. The van der Waals surface area contributed by atoms with Crippen LogP contribution in [-0.4, -0.2) is 99.9 Å². The summed E-state index contributed by atoms with van der Waals surface area (Å²) in [5.74, 6) is 0.689. The normalized spacial score (nSPS) is 17.1. The van der Waals surface area contributed by atoms with Gasteiger partial charge in [-0.25, -0.2) is 8.42 Å². The Morgan fingerprint density at radius 1 is 1.06 bits per heavy atom. The zero-order valence-electron chi connectivity index (χ0n) is 18.2. The number of amides is 2. The third-order valence-electron chi connectivity index (χ3n) is 5.01. The van der Waals surface area contributed by atoms with Crippen LogP contribution in [0.15, 0.2) is 23.1 Å². The number of sulfonamides is 1. The summed E-state index contributed by atoms with van der Waals surface area (Å²) < 4.78 is 38.3. The minimum absolute atomic E-state index is 0.0424. The first-order valence-electron chi connectivity index (χ1n) is 10.3. The van der Waals surface area contributed by atoms with Crippen molar-refractivity contribution in [3.63, 3.8) is 0 Å². The number of benzene rings is 1. The van der Waals surface area contributed by atoms with Crippen molar-refractivity contribution in [2.75, 3.05) is 59.5 Å². The molecule has 10 nitrogen and oxygen atoms in total. The molecular weight excluding hydrogens is 424 g/mol. The summed E-state index contributed by atoms with van der Waals surface area (Å²) in [5.41, 5.74) is 0. The Labute approximate surface area is 183 Å². The molecule has 2 heterocycles. The van der Waals surface area contributed by atoms with Crippen LogP contribution in [0, 0.1) is 0 Å². The van der Waals surface area contributed by atoms with Gasteiger partial charge in [0, 0.05) is 38.3 Å². The van der Waals surface area contributed by atoms with E-state index in [-0.39, 0.29) is 48.9 Å². The lowest BCUT2D eigenvalue weighted by atomic mass is 10.3. The number of nitrogens with one attached hydrogen (secondary N) is 1. The van der Waals surface area contributed by atoms with E-state index in [0.717, 1.165) is 0 Å². The van der Waals surface area contributed by atoms with Gasteiger partial charge in [-0.05, 0) is 33.0 Å². The molecule has 2 aliphatic rings. The van der Waals surface area contributed by atoms with E-state index in [1.165, 1.54) is 16.4 Å². The van der Waals surface area contributed by atoms with Gasteiger partial charge >= 0.3 is 0 Å². The summed E-state index contributed by atoms with van der Waals surface area (Å²) in [6.07, 6.45) is 0. The summed E-state index contributed by atoms with van der Waals surface area (Å²) >= 11 is 0. The molecule has 0 bridgehead atoms. The molecular formula is C20H30N4O6S. The van der Waals surface area contributed by atoms with Crippen LogP contribution in [0.5, 0.6) is 11.5 Å². The third-order valence-corrected chi connectivity index (χ3v) is 6.91. The SMILES string of the molecule is CC(C)NC(=O)CN(C)CC(=O)N1CCN(S(=O)(=O)c2ccc3c(c2)OCCO3)CC1. The van der Waals surface area contributed by atoms with Crippen molar-refractivity contribution < 1.29 is 27.5 Å². The van der Waals surface area contributed by atoms with Crippen LogP contribution in [0.3, 0.4) is 0 Å². The zero-order chi connectivity index (χ0) is 22.6. The van der Waals surface area contributed by atoms with E-state index in [9.17, 15) is 18.0 Å². The lowest BCUT2D eigenvalue weighted by Gasteiger charge is -2.35. The van der Waals surface area contributed by atoms with Crippen molar-refractivity contribution in [3.05, 3.63) is 18.2 Å². The van der Waals surface area contributed by atoms with E-state index in [0.29, 0.717) is 37.8 Å². The fourth-order valence-electron chi connectivity index (χ4n) is 3.51. The second-order valence-electron chi connectivity index (χ2n) is 7.98. The van der Waals surface area contributed by atoms with Crippen LogP contribution in [0.25, 0.3) is 0 Å². The Bertz CT molecular complexity index is 912. The van der Waals surface area contributed by atoms with Crippen molar-refractivity contribution in [3.8, 4) is 11.5 Å². The fraction of sp³-hybridized carbons (Fsp3) is 0.600. The fourth-order valence-corrected chi connectivity index (χ4v) is 4.95. The van der Waals surface area contributed by atoms with Crippen molar-refractivity contribution in [2.45, 2.75) is 24.8 Å². The molecule has 3 rings (SSSR count). The Morgan fingerprint density at radius 3 is 2.35 bits per heavy atom. The minimum Gasteiger partial charge on any atom is -0.486 e. The van der Waals surface area contributed by atoms with E-state index in [1.807, 2.05) is 13.8 Å². The standard InChI is InChI=1S/C20H30N4O6S/c1-15(2)21-19(25)13-22(3)14-20(26)23-6-8-24(9-7-23)31(27,28)16-4-5-17-18(12-16)30-11-10-29-17/h4-5,12,15H,6-11,13-14H2,1-3H3,(H,21,25). The van der Waals surface area contributed by atoms with Crippen LogP contribution in [0.1, 0.15) is 13.8 Å². The molecule has 1 N–H and O–H groups in total. The highest BCUT2D eigenvalue weighted by molar-refractivity contribution is 7.89. The van der Waals surface area contributed by atoms with Crippen LogP contribution in [0.4, 0.5) is 0 Å². The number of piperazine rings is 1. The highest BCUT2D eigenvalue weighted by Gasteiger charge is 2.31. The number of carbonyl (C=O) groups is 2. The molecule has 0 aliphatic carbocycles. The predicted octanol–water partition coefficient (Wildman–Crippen LogP) is -0.253. The number of likely N-dealkylation sites (N-methyl/N-ethyl adjacent to an activating group) is 1. The topological polar surface area (TPSA) is 108 Å². The van der Waals surface area contributed by atoms with Gasteiger partial charge in [0.2, 0.25) is 21.8 Å². The number of fused-ring (bicyclic) bond motifs is 1. The second-order valence-corrected chi connectivity index (χ2v) is 9.92. The van der Waals surface area contributed by atoms with Crippen LogP contribution >= 0.6 is 0 Å². The first-order valence-corrected chi connectivity index (χ1v) is 11.8. The van der Waals surface area contributed by atoms with Crippen molar-refractivity contribution in [1.29, 1.82) is 0 Å². The lowest BCUT2D eigenvalue weighted by Crippen LogP contribution is -2.52. The number of rotatable bonds is 7. The zero-order valence-corrected chi connectivity index (χ0v) is 19.0. The van der Waals surface area contributed by atoms with Gasteiger partial charge in [-0.15, -0.1) is 0 Å². The van der Waals surface area contributed by atoms with Crippen molar-refractivity contribution in [1.82, 2.24) is 19.4 Å². The average Bonchev–Trinajstić information content (AvgIpc) is 2.72. The molecule has 31 heavy (non-hydrogen) atoms. The molecule has 0 atom stereocenters. The highest BCUT2D eigenvalue weighted by Crippen LogP contribution is 2.33. The Morgan fingerprint density at radius 2 is 1.71 bits per heavy atom. The van der Waals surface area contributed by atoms with Gasteiger partial charge in [-0.3, -0.25) is 14.5 Å². The van der Waals surface area contributed by atoms with Gasteiger partial charge in [0.1, 0.15) is 13.2 Å². The molecule has 0 radical (unpaired) electrons. The Balaban J connectivity index is 1.54. The molecule has 1 aromatic carbocycles. The van der Waals surface area contributed by atoms with Gasteiger partial charge in [0.25, 0.3) is 0 Å². The smallest absolute Gasteiger partial charge is 0.243 e. The first kappa shape index (κ1) is 23.3. The minimum atomic E-state index is -3.70. The number of hydrogen-bond acceptors (Lipinski definition) is 7. The molecule has 11 heteroatoms. The van der Waals surface area contributed by atoms with Gasteiger partial charge in [0.05, 0.1) is 18.0 Å². The average molecular weight is 455 g/mol. The number of ether oxygens (including phenoxy) is 2. The summed E-state index contributed by atoms with van der Waals surface area (Å²) in [5, 5.41) is 2.79. The second kappa shape index (κ2) is 9.84. The molecule has 2 amide bonds. The van der Waals surface area contributed by atoms with Gasteiger partial charge < -0.3 is 19.7 Å². The van der Waals surface area contributed by atoms with Crippen LogP contribution in [-0.2, 0) is 19.6 Å². The first-order chi connectivity index (χ1) is 14.7. The van der Waals surface area contributed by atoms with E-state index < -0.39 is 10.0 Å². The van der Waals surface area contributed by atoms with E-state index in [4.69, 9.17) is 9.47 Å². The maximum atomic E-state index is 13.0. The molecule has 172 valence electrons. The predicted molar refractivity (Wildman–Crippen MR) is 114 cm³/mol. The summed E-state index contributed by atoms with van der Waals surface area (Å²) in [6, 6.07) is 4.64. The van der Waals surface area contributed by atoms with Crippen LogP contribution < -0.4 is 14.8 Å². The molecule has 0 spiro atoms. The Kier molecular flexibility index (Phi) is 7.39. The molecule has 0 unspecified atom stereocenters. The summed E-state index contributed by atoms with van der Waals surface area (Å²) in [7, 11) is -1.99. The van der Waals surface area contributed by atoms with Crippen molar-refractivity contribution >= 4 is 21.8 Å². The largest absolute Gasteiger partial charge is 0.486 e. The Hall–Kier alpha value is -2.37. The monoisotopic (exact) mass is 454 g/mol. The van der Waals surface area contributed by atoms with E-state index in [1.54, 1.807) is 22.9 Å². The van der Waals surface area contributed by atoms with Gasteiger partial charge in [-0.1, -0.05) is 0 Å². The van der Waals surface area contributed by atoms with Crippen molar-refractivity contribution in [2.24, 2.45) is 0 Å². The third kappa shape index (κ3) is 5.86. The highest BCUT2D eigenvalue weighted by atomic mass is 32.2. The quantitative estimate of drug-likeness (QED) is 0.605. The number of carbonyl (C=O) groups excluding carboxylic acids is 2. The molecule has 1 fully saturated rings. The van der Waals surface area contributed by atoms with Crippen LogP contribution in [0.2, 0.25) is 0 Å². The molecule has 1 saturated heterocycles. The number of nitrogens with zero attached hydrogens (tertiary/aromatic N) is 3. The summed E-state index contributed by atoms with van der Waals surface area (Å²) in [6.45, 7) is 5.81. The van der Waals surface area contributed by atoms with E-state index in [2.05, 4.69) is 5.32 Å². The summed E-state index contributed by atoms with van der Waals surface area (Å²) in [4.78, 5) is 27.8. The molecule has 0 aromatic heterocycles. The lowest BCUT2D eigenvalue weighted by molar-refractivity contribution is -0.133. The molecule has 1 aromatic rings. The van der Waals surface area contributed by atoms with Gasteiger partial charge in [0.15, 0.2) is 11.5 Å². The van der Waals surface area contributed by atoms with E-state index >= 15 is 0 Å². The maximum Gasteiger partial charge on any atom is 0.243 e.